The summed E-state index contributed by atoms with van der Waals surface area (Å²) in [5.41, 5.74) is 2.14. The van der Waals surface area contributed by atoms with Crippen LogP contribution in [0.3, 0.4) is 0 Å². The second kappa shape index (κ2) is 7.17. The molecular formula is C21H24FN3OS. The zero-order valence-corrected chi connectivity index (χ0v) is 16.8. The van der Waals surface area contributed by atoms with Crippen LogP contribution in [0.5, 0.6) is 0 Å². The Morgan fingerprint density at radius 1 is 1.30 bits per heavy atom. The average Bonchev–Trinajstić information content (AvgIpc) is 2.96. The van der Waals surface area contributed by atoms with Crippen LogP contribution < -0.4 is 5.56 Å². The number of halogens is 1. The fraction of sp³-hybridized carbons (Fsp3) is 0.429. The first-order chi connectivity index (χ1) is 12.9. The van der Waals surface area contributed by atoms with E-state index in [1.807, 2.05) is 19.0 Å². The molecule has 0 spiro atoms. The highest BCUT2D eigenvalue weighted by molar-refractivity contribution is 7.18. The Kier molecular flexibility index (Phi) is 4.86. The van der Waals surface area contributed by atoms with E-state index in [4.69, 9.17) is 4.98 Å². The van der Waals surface area contributed by atoms with Crippen molar-refractivity contribution in [3.63, 3.8) is 0 Å². The molecule has 0 amide bonds. The monoisotopic (exact) mass is 385 g/mol. The van der Waals surface area contributed by atoms with Gasteiger partial charge in [0.15, 0.2) is 0 Å². The Morgan fingerprint density at radius 3 is 2.74 bits per heavy atom. The van der Waals surface area contributed by atoms with Gasteiger partial charge in [0.2, 0.25) is 0 Å². The molecule has 4 nitrogen and oxygen atoms in total. The summed E-state index contributed by atoms with van der Waals surface area (Å²) in [5, 5.41) is 0.798. The van der Waals surface area contributed by atoms with Crippen LogP contribution in [0.4, 0.5) is 4.39 Å². The van der Waals surface area contributed by atoms with Crippen LogP contribution in [0.2, 0.25) is 0 Å². The van der Waals surface area contributed by atoms with Crippen LogP contribution >= 0.6 is 11.3 Å². The predicted octanol–water partition coefficient (Wildman–Crippen LogP) is 3.83. The van der Waals surface area contributed by atoms with Crippen molar-refractivity contribution in [3.8, 4) is 0 Å². The zero-order chi connectivity index (χ0) is 19.1. The number of hydrogen-bond donors (Lipinski definition) is 0. The first-order valence-corrected chi connectivity index (χ1v) is 10.2. The van der Waals surface area contributed by atoms with Gasteiger partial charge >= 0.3 is 0 Å². The molecule has 4 rings (SSSR count). The molecule has 142 valence electrons. The molecule has 1 aliphatic rings. The Balaban J connectivity index is 1.87. The number of hydrogen-bond acceptors (Lipinski definition) is 4. The first kappa shape index (κ1) is 18.3. The minimum Gasteiger partial charge on any atom is -0.302 e. The van der Waals surface area contributed by atoms with Crippen LogP contribution in [0, 0.1) is 11.7 Å². The van der Waals surface area contributed by atoms with Crippen LogP contribution in [-0.2, 0) is 25.9 Å². The number of aryl methyl sites for hydroxylation is 1. The number of thiophene rings is 1. The van der Waals surface area contributed by atoms with E-state index in [0.29, 0.717) is 19.0 Å². The Labute approximate surface area is 162 Å². The highest BCUT2D eigenvalue weighted by Gasteiger charge is 2.24. The fourth-order valence-electron chi connectivity index (χ4n) is 3.80. The number of rotatable bonds is 4. The summed E-state index contributed by atoms with van der Waals surface area (Å²) in [7, 11) is 3.94. The molecule has 2 aromatic heterocycles. The van der Waals surface area contributed by atoms with Crippen molar-refractivity contribution in [1.82, 2.24) is 14.5 Å². The maximum Gasteiger partial charge on any atom is 0.262 e. The maximum atomic E-state index is 13.5. The van der Waals surface area contributed by atoms with Gasteiger partial charge in [0.25, 0.3) is 5.56 Å². The van der Waals surface area contributed by atoms with Crippen molar-refractivity contribution in [2.24, 2.45) is 5.92 Å². The highest BCUT2D eigenvalue weighted by atomic mass is 32.1. The van der Waals surface area contributed by atoms with Gasteiger partial charge in [-0.05, 0) is 62.5 Å². The molecular weight excluding hydrogens is 361 g/mol. The molecule has 0 radical (unpaired) electrons. The average molecular weight is 386 g/mol. The van der Waals surface area contributed by atoms with E-state index >= 15 is 0 Å². The first-order valence-electron chi connectivity index (χ1n) is 9.35. The van der Waals surface area contributed by atoms with Crippen LogP contribution in [-0.4, -0.2) is 28.5 Å². The SMILES string of the molecule is CC1CCc2c(sc3nc(CN(C)C)n(Cc4ccc(F)cc4)c(=O)c23)C1. The van der Waals surface area contributed by atoms with Crippen molar-refractivity contribution in [2.75, 3.05) is 14.1 Å². The second-order valence-corrected chi connectivity index (χ2v) is 8.90. The molecule has 0 saturated carbocycles. The minimum atomic E-state index is -0.269. The molecule has 1 aliphatic carbocycles. The molecule has 1 atom stereocenters. The molecule has 0 saturated heterocycles. The molecule has 27 heavy (non-hydrogen) atoms. The molecule has 2 heterocycles. The van der Waals surface area contributed by atoms with Gasteiger partial charge in [-0.3, -0.25) is 9.36 Å². The lowest BCUT2D eigenvalue weighted by atomic mass is 9.89. The van der Waals surface area contributed by atoms with Gasteiger partial charge in [0.05, 0.1) is 18.5 Å². The molecule has 1 unspecified atom stereocenters. The Morgan fingerprint density at radius 2 is 2.04 bits per heavy atom. The van der Waals surface area contributed by atoms with E-state index in [9.17, 15) is 9.18 Å². The molecule has 6 heteroatoms. The van der Waals surface area contributed by atoms with Gasteiger partial charge in [-0.15, -0.1) is 11.3 Å². The summed E-state index contributed by atoms with van der Waals surface area (Å²) in [6.07, 6.45) is 3.11. The lowest BCUT2D eigenvalue weighted by Crippen LogP contribution is -2.29. The van der Waals surface area contributed by atoms with Crippen LogP contribution in [0.25, 0.3) is 10.2 Å². The van der Waals surface area contributed by atoms with Gasteiger partial charge in [-0.2, -0.15) is 0 Å². The maximum absolute atomic E-state index is 13.5. The topological polar surface area (TPSA) is 38.1 Å². The number of fused-ring (bicyclic) bond motifs is 3. The lowest BCUT2D eigenvalue weighted by molar-refractivity contribution is 0.379. The largest absolute Gasteiger partial charge is 0.302 e. The summed E-state index contributed by atoms with van der Waals surface area (Å²) in [6.45, 7) is 3.27. The minimum absolute atomic E-state index is 0.0354. The van der Waals surface area contributed by atoms with Crippen molar-refractivity contribution in [2.45, 2.75) is 39.3 Å². The van der Waals surface area contributed by atoms with Gasteiger partial charge in [0.1, 0.15) is 16.5 Å². The summed E-state index contributed by atoms with van der Waals surface area (Å²) < 4.78 is 15.0. The van der Waals surface area contributed by atoms with Gasteiger partial charge in [-0.1, -0.05) is 19.1 Å². The highest BCUT2D eigenvalue weighted by Crippen LogP contribution is 2.35. The summed E-state index contributed by atoms with van der Waals surface area (Å²) in [4.78, 5) is 22.5. The zero-order valence-electron chi connectivity index (χ0n) is 16.0. The molecule has 0 N–H and O–H groups in total. The van der Waals surface area contributed by atoms with Gasteiger partial charge < -0.3 is 4.90 Å². The molecule has 0 fully saturated rings. The van der Waals surface area contributed by atoms with Crippen LogP contribution in [0.1, 0.15) is 35.2 Å². The standard InChI is InChI=1S/C21H24FN3OS/c1-13-4-9-16-17(10-13)27-20-19(16)21(26)25(18(23-20)12-24(2)3)11-14-5-7-15(22)8-6-14/h5-8,13H,4,9-12H2,1-3H3. The Bertz CT molecular complexity index is 1040. The predicted molar refractivity (Wildman–Crippen MR) is 108 cm³/mol. The van der Waals surface area contributed by atoms with E-state index in [-0.39, 0.29) is 11.4 Å². The van der Waals surface area contributed by atoms with Gasteiger partial charge in [0, 0.05) is 4.88 Å². The van der Waals surface area contributed by atoms with Gasteiger partial charge in [-0.25, -0.2) is 9.37 Å². The van der Waals surface area contributed by atoms with Crippen LogP contribution in [0.15, 0.2) is 29.1 Å². The molecule has 3 aromatic rings. The summed E-state index contributed by atoms with van der Waals surface area (Å²) >= 11 is 1.68. The third kappa shape index (κ3) is 3.56. The van der Waals surface area contributed by atoms with E-state index < -0.39 is 0 Å². The molecule has 0 aliphatic heterocycles. The fourth-order valence-corrected chi connectivity index (χ4v) is 5.20. The third-order valence-electron chi connectivity index (χ3n) is 5.21. The quantitative estimate of drug-likeness (QED) is 0.685. The molecule has 0 bridgehead atoms. The lowest BCUT2D eigenvalue weighted by Gasteiger charge is -2.18. The summed E-state index contributed by atoms with van der Waals surface area (Å²) in [5.74, 6) is 1.15. The van der Waals surface area contributed by atoms with E-state index in [1.165, 1.54) is 22.6 Å². The number of benzene rings is 1. The third-order valence-corrected chi connectivity index (χ3v) is 6.35. The van der Waals surface area contributed by atoms with Crippen molar-refractivity contribution in [1.29, 1.82) is 0 Å². The number of nitrogens with zero attached hydrogens (tertiary/aromatic N) is 3. The van der Waals surface area contributed by atoms with Crippen molar-refractivity contribution >= 4 is 21.6 Å². The summed E-state index contributed by atoms with van der Waals surface area (Å²) in [6, 6.07) is 6.34. The Hall–Kier alpha value is -2.05. The normalized spacial score (nSPS) is 16.9. The number of aromatic nitrogens is 2. The van der Waals surface area contributed by atoms with E-state index in [0.717, 1.165) is 40.9 Å². The van der Waals surface area contributed by atoms with E-state index in [2.05, 4.69) is 6.92 Å². The molecule has 1 aromatic carbocycles. The van der Waals surface area contributed by atoms with Crippen molar-refractivity contribution < 1.29 is 4.39 Å². The smallest absolute Gasteiger partial charge is 0.262 e. The van der Waals surface area contributed by atoms with E-state index in [1.54, 1.807) is 28.0 Å². The van der Waals surface area contributed by atoms with Crippen molar-refractivity contribution in [3.05, 3.63) is 62.3 Å². The second-order valence-electron chi connectivity index (χ2n) is 7.82.